The van der Waals surface area contributed by atoms with Gasteiger partial charge in [-0.3, -0.25) is 0 Å². The van der Waals surface area contributed by atoms with Gasteiger partial charge in [0.15, 0.2) is 0 Å². The molecule has 17 heavy (non-hydrogen) atoms. The molecule has 1 aromatic carbocycles. The van der Waals surface area contributed by atoms with E-state index in [1.165, 1.54) is 33.5 Å². The predicted octanol–water partition coefficient (Wildman–Crippen LogP) is 4.41. The van der Waals surface area contributed by atoms with Gasteiger partial charge < -0.3 is 4.57 Å². The van der Waals surface area contributed by atoms with Crippen LogP contribution in [-0.2, 0) is 6.54 Å². The smallest absolute Gasteiger partial charge is 0.0194 e. The first-order chi connectivity index (χ1) is 8.04. The lowest BCUT2D eigenvalue weighted by molar-refractivity contribution is 0.740. The van der Waals surface area contributed by atoms with E-state index < -0.39 is 0 Å². The Hall–Kier alpha value is -1.50. The number of hydrogen-bond acceptors (Lipinski definition) is 0. The summed E-state index contributed by atoms with van der Waals surface area (Å²) in [5.41, 5.74) is 8.20. The van der Waals surface area contributed by atoms with Crippen molar-refractivity contribution in [1.29, 1.82) is 0 Å². The first kappa shape index (κ1) is 12.0. The maximum absolute atomic E-state index is 2.32. The summed E-state index contributed by atoms with van der Waals surface area (Å²) in [6, 6.07) is 6.73. The van der Waals surface area contributed by atoms with Crippen molar-refractivity contribution >= 4 is 0 Å². The van der Waals surface area contributed by atoms with Crippen LogP contribution in [0.4, 0.5) is 0 Å². The molecule has 1 heterocycles. The highest BCUT2D eigenvalue weighted by Crippen LogP contribution is 2.28. The molecule has 90 valence electrons. The zero-order valence-electron chi connectivity index (χ0n) is 11.5. The molecule has 2 rings (SSSR count). The number of benzene rings is 1. The Labute approximate surface area is 104 Å². The normalized spacial score (nSPS) is 10.9. The fraction of sp³-hybridized carbons (Fsp3) is 0.375. The molecule has 0 atom stereocenters. The Kier molecular flexibility index (Phi) is 3.10. The van der Waals surface area contributed by atoms with Crippen LogP contribution in [0.3, 0.4) is 0 Å². The van der Waals surface area contributed by atoms with Crippen LogP contribution in [0.2, 0.25) is 0 Å². The van der Waals surface area contributed by atoms with Gasteiger partial charge in [0.1, 0.15) is 0 Å². The summed E-state index contributed by atoms with van der Waals surface area (Å²) >= 11 is 0. The van der Waals surface area contributed by atoms with Crippen LogP contribution in [0.25, 0.3) is 11.1 Å². The van der Waals surface area contributed by atoms with Gasteiger partial charge in [-0.1, -0.05) is 18.2 Å². The van der Waals surface area contributed by atoms with Crippen LogP contribution in [-0.4, -0.2) is 4.57 Å². The fourth-order valence-electron chi connectivity index (χ4n) is 2.29. The highest BCUT2D eigenvalue weighted by atomic mass is 15.0. The van der Waals surface area contributed by atoms with Gasteiger partial charge in [-0.2, -0.15) is 0 Å². The van der Waals surface area contributed by atoms with Gasteiger partial charge in [0.2, 0.25) is 0 Å². The van der Waals surface area contributed by atoms with Crippen molar-refractivity contribution in [1.82, 2.24) is 4.57 Å². The third-order valence-corrected chi connectivity index (χ3v) is 3.82. The molecule has 0 radical (unpaired) electrons. The average Bonchev–Trinajstić information content (AvgIpc) is 2.60. The first-order valence-corrected chi connectivity index (χ1v) is 6.28. The molecule has 0 saturated heterocycles. The Morgan fingerprint density at radius 1 is 1.00 bits per heavy atom. The second-order valence-corrected chi connectivity index (χ2v) is 4.84. The van der Waals surface area contributed by atoms with Crippen molar-refractivity contribution < 1.29 is 0 Å². The lowest BCUT2D eigenvalue weighted by Gasteiger charge is -2.04. The van der Waals surface area contributed by atoms with Crippen LogP contribution in [0.15, 0.2) is 24.4 Å². The van der Waals surface area contributed by atoms with Crippen LogP contribution in [0, 0.1) is 27.7 Å². The lowest BCUT2D eigenvalue weighted by atomic mass is 10.00. The molecule has 1 aromatic heterocycles. The van der Waals surface area contributed by atoms with Gasteiger partial charge in [0, 0.05) is 24.0 Å². The Balaban J connectivity index is 2.56. The molecule has 0 N–H and O–H groups in total. The topological polar surface area (TPSA) is 4.93 Å². The zero-order chi connectivity index (χ0) is 12.6. The number of hydrogen-bond donors (Lipinski definition) is 0. The summed E-state index contributed by atoms with van der Waals surface area (Å²) in [4.78, 5) is 0. The average molecular weight is 227 g/mol. The number of aryl methyl sites for hydroxylation is 3. The van der Waals surface area contributed by atoms with Crippen molar-refractivity contribution in [2.75, 3.05) is 0 Å². The Bertz CT molecular complexity index is 547. The maximum Gasteiger partial charge on any atom is 0.0194 e. The predicted molar refractivity (Wildman–Crippen MR) is 74.5 cm³/mol. The van der Waals surface area contributed by atoms with Crippen LogP contribution in [0.5, 0.6) is 0 Å². The van der Waals surface area contributed by atoms with E-state index in [4.69, 9.17) is 0 Å². The van der Waals surface area contributed by atoms with E-state index in [-0.39, 0.29) is 0 Å². The molecule has 0 bridgehead atoms. The van der Waals surface area contributed by atoms with Crippen LogP contribution < -0.4 is 0 Å². The van der Waals surface area contributed by atoms with Gasteiger partial charge in [-0.15, -0.1) is 0 Å². The summed E-state index contributed by atoms with van der Waals surface area (Å²) < 4.78 is 2.32. The number of nitrogens with zero attached hydrogens (tertiary/aromatic N) is 1. The van der Waals surface area contributed by atoms with Gasteiger partial charge in [-0.05, 0) is 56.9 Å². The lowest BCUT2D eigenvalue weighted by Crippen LogP contribution is -1.93. The van der Waals surface area contributed by atoms with E-state index in [1.54, 1.807) is 0 Å². The van der Waals surface area contributed by atoms with E-state index in [0.29, 0.717) is 0 Å². The van der Waals surface area contributed by atoms with Gasteiger partial charge in [0.25, 0.3) is 0 Å². The molecule has 0 spiro atoms. The molecular formula is C16H21N. The second-order valence-electron chi connectivity index (χ2n) is 4.84. The van der Waals surface area contributed by atoms with Crippen molar-refractivity contribution in [3.05, 3.63) is 46.8 Å². The summed E-state index contributed by atoms with van der Waals surface area (Å²) in [5.74, 6) is 0. The maximum atomic E-state index is 2.32. The SMILES string of the molecule is CCn1cc(-c2ccc(C)c(C)c2)c(C)c1C. The molecule has 0 aliphatic rings. The molecular weight excluding hydrogens is 206 g/mol. The number of rotatable bonds is 2. The molecule has 0 saturated carbocycles. The van der Waals surface area contributed by atoms with Gasteiger partial charge in [-0.25, -0.2) is 0 Å². The monoisotopic (exact) mass is 227 g/mol. The molecule has 0 aliphatic carbocycles. The summed E-state index contributed by atoms with van der Waals surface area (Å²) in [6.07, 6.45) is 2.27. The zero-order valence-corrected chi connectivity index (χ0v) is 11.5. The minimum Gasteiger partial charge on any atom is -0.351 e. The fourth-order valence-corrected chi connectivity index (χ4v) is 2.29. The van der Waals surface area contributed by atoms with E-state index in [9.17, 15) is 0 Å². The van der Waals surface area contributed by atoms with E-state index in [0.717, 1.165) is 6.54 Å². The molecule has 1 nitrogen and oxygen atoms in total. The first-order valence-electron chi connectivity index (χ1n) is 6.28. The van der Waals surface area contributed by atoms with Crippen LogP contribution >= 0.6 is 0 Å². The molecule has 0 aliphatic heterocycles. The number of aromatic nitrogens is 1. The van der Waals surface area contributed by atoms with Gasteiger partial charge in [0.05, 0.1) is 0 Å². The summed E-state index contributed by atoms with van der Waals surface area (Å²) in [7, 11) is 0. The Morgan fingerprint density at radius 2 is 1.71 bits per heavy atom. The standard InChI is InChI=1S/C16H21N/c1-6-17-10-16(13(4)14(17)5)15-8-7-11(2)12(3)9-15/h7-10H,6H2,1-5H3. The van der Waals surface area contributed by atoms with E-state index >= 15 is 0 Å². The Morgan fingerprint density at radius 3 is 2.24 bits per heavy atom. The quantitative estimate of drug-likeness (QED) is 0.716. The highest BCUT2D eigenvalue weighted by molar-refractivity contribution is 5.69. The minimum absolute atomic E-state index is 1.04. The summed E-state index contributed by atoms with van der Waals surface area (Å²) in [6.45, 7) is 12.0. The largest absolute Gasteiger partial charge is 0.351 e. The molecule has 0 unspecified atom stereocenters. The van der Waals surface area contributed by atoms with E-state index in [2.05, 4.69) is 63.6 Å². The highest BCUT2D eigenvalue weighted by Gasteiger charge is 2.09. The third-order valence-electron chi connectivity index (χ3n) is 3.82. The van der Waals surface area contributed by atoms with Gasteiger partial charge >= 0.3 is 0 Å². The molecule has 1 heteroatoms. The minimum atomic E-state index is 1.04. The summed E-state index contributed by atoms with van der Waals surface area (Å²) in [5, 5.41) is 0. The van der Waals surface area contributed by atoms with Crippen molar-refractivity contribution in [3.63, 3.8) is 0 Å². The van der Waals surface area contributed by atoms with E-state index in [1.807, 2.05) is 0 Å². The van der Waals surface area contributed by atoms with Crippen molar-refractivity contribution in [2.24, 2.45) is 0 Å². The third kappa shape index (κ3) is 2.02. The second kappa shape index (κ2) is 4.40. The van der Waals surface area contributed by atoms with Crippen LogP contribution in [0.1, 0.15) is 29.3 Å². The molecule has 0 amide bonds. The molecule has 2 aromatic rings. The van der Waals surface area contributed by atoms with Crippen molar-refractivity contribution in [3.8, 4) is 11.1 Å². The van der Waals surface area contributed by atoms with Crippen molar-refractivity contribution in [2.45, 2.75) is 41.2 Å². The molecule has 0 fully saturated rings.